The van der Waals surface area contributed by atoms with Crippen LogP contribution in [0.2, 0.25) is 0 Å². The van der Waals surface area contributed by atoms with Crippen molar-refractivity contribution >= 4 is 15.9 Å². The Hall–Kier alpha value is -1.36. The Morgan fingerprint density at radius 2 is 1.94 bits per heavy atom. The van der Waals surface area contributed by atoms with Gasteiger partial charge in [0.15, 0.2) is 0 Å². The lowest BCUT2D eigenvalue weighted by atomic mass is 10.1. The predicted molar refractivity (Wildman–Crippen MR) is 63.7 cm³/mol. The molecule has 17 heavy (non-hydrogen) atoms. The molecule has 1 aliphatic heterocycles. The van der Waals surface area contributed by atoms with E-state index < -0.39 is 10.0 Å². The molecular formula is C12H15NO3S. The van der Waals surface area contributed by atoms with E-state index in [4.69, 9.17) is 0 Å². The molecule has 1 aromatic carbocycles. The third kappa shape index (κ3) is 2.07. The van der Waals surface area contributed by atoms with Crippen molar-refractivity contribution in [1.82, 2.24) is 4.31 Å². The summed E-state index contributed by atoms with van der Waals surface area (Å²) in [5, 5.41) is 0. The fraction of sp³-hybridized carbons (Fsp3) is 0.417. The van der Waals surface area contributed by atoms with Crippen molar-refractivity contribution < 1.29 is 13.2 Å². The van der Waals surface area contributed by atoms with Crippen LogP contribution in [0.25, 0.3) is 0 Å². The summed E-state index contributed by atoms with van der Waals surface area (Å²) in [5.74, 6) is -0.412. The predicted octanol–water partition coefficient (Wildman–Crippen LogP) is 1.63. The SMILES string of the molecule is CCC1CCN(S(=O)(=O)c2ccccc2)C1=O. The van der Waals surface area contributed by atoms with Crippen molar-refractivity contribution in [3.05, 3.63) is 30.3 Å². The monoisotopic (exact) mass is 253 g/mol. The van der Waals surface area contributed by atoms with Crippen molar-refractivity contribution in [2.75, 3.05) is 6.54 Å². The van der Waals surface area contributed by atoms with Gasteiger partial charge in [-0.2, -0.15) is 0 Å². The standard InChI is InChI=1S/C12H15NO3S/c1-2-10-8-9-13(12(10)14)17(15,16)11-6-4-3-5-7-11/h3-7,10H,2,8-9H2,1H3. The van der Waals surface area contributed by atoms with Crippen molar-refractivity contribution in [3.8, 4) is 0 Å². The van der Waals surface area contributed by atoms with Gasteiger partial charge >= 0.3 is 0 Å². The molecule has 92 valence electrons. The van der Waals surface area contributed by atoms with Crippen molar-refractivity contribution in [3.63, 3.8) is 0 Å². The molecule has 0 bridgehead atoms. The van der Waals surface area contributed by atoms with Crippen LogP contribution in [0.15, 0.2) is 35.2 Å². The van der Waals surface area contributed by atoms with Crippen LogP contribution in [0.5, 0.6) is 0 Å². The van der Waals surface area contributed by atoms with Crippen molar-refractivity contribution in [2.45, 2.75) is 24.7 Å². The first kappa shape index (κ1) is 12.1. The third-order valence-electron chi connectivity index (χ3n) is 3.10. The van der Waals surface area contributed by atoms with Gasteiger partial charge in [-0.1, -0.05) is 25.1 Å². The van der Waals surface area contributed by atoms with Crippen LogP contribution in [0.4, 0.5) is 0 Å². The number of rotatable bonds is 3. The summed E-state index contributed by atoms with van der Waals surface area (Å²) >= 11 is 0. The number of benzene rings is 1. The molecule has 1 atom stereocenters. The summed E-state index contributed by atoms with van der Waals surface area (Å²) in [5.41, 5.74) is 0. The van der Waals surface area contributed by atoms with Gasteiger partial charge in [-0.3, -0.25) is 4.79 Å². The number of hydrogen-bond donors (Lipinski definition) is 0. The largest absolute Gasteiger partial charge is 0.273 e. The van der Waals surface area contributed by atoms with E-state index in [0.717, 1.165) is 4.31 Å². The van der Waals surface area contributed by atoms with E-state index in [1.807, 2.05) is 6.92 Å². The number of sulfonamides is 1. The van der Waals surface area contributed by atoms with E-state index in [-0.39, 0.29) is 16.7 Å². The molecule has 0 aromatic heterocycles. The summed E-state index contributed by atoms with van der Waals surface area (Å²) in [7, 11) is -3.65. The fourth-order valence-electron chi connectivity index (χ4n) is 2.05. The van der Waals surface area contributed by atoms with E-state index in [1.165, 1.54) is 12.1 Å². The second kappa shape index (κ2) is 4.49. The lowest BCUT2D eigenvalue weighted by Crippen LogP contribution is -2.33. The number of carbonyl (C=O) groups excluding carboxylic acids is 1. The Morgan fingerprint density at radius 3 is 2.47 bits per heavy atom. The van der Waals surface area contributed by atoms with Gasteiger partial charge in [0, 0.05) is 12.5 Å². The number of nitrogens with zero attached hydrogens (tertiary/aromatic N) is 1. The van der Waals surface area contributed by atoms with E-state index in [0.29, 0.717) is 19.4 Å². The summed E-state index contributed by atoms with van der Waals surface area (Å²) in [4.78, 5) is 12.1. The van der Waals surface area contributed by atoms with Crippen LogP contribution < -0.4 is 0 Å². The molecule has 1 amide bonds. The molecular weight excluding hydrogens is 238 g/mol. The zero-order chi connectivity index (χ0) is 12.5. The first-order valence-electron chi connectivity index (χ1n) is 5.69. The molecule has 0 radical (unpaired) electrons. The molecule has 4 nitrogen and oxygen atoms in total. The average Bonchev–Trinajstić information content (AvgIpc) is 2.72. The summed E-state index contributed by atoms with van der Waals surface area (Å²) in [6, 6.07) is 8.10. The fourth-order valence-corrected chi connectivity index (χ4v) is 3.53. The number of hydrogen-bond acceptors (Lipinski definition) is 3. The molecule has 1 heterocycles. The van der Waals surface area contributed by atoms with Crippen LogP contribution in [0.3, 0.4) is 0 Å². The molecule has 0 N–H and O–H groups in total. The van der Waals surface area contributed by atoms with Crippen molar-refractivity contribution in [2.24, 2.45) is 5.92 Å². The Bertz CT molecular complexity index is 510. The van der Waals surface area contributed by atoms with Gasteiger partial charge in [0.1, 0.15) is 0 Å². The zero-order valence-electron chi connectivity index (χ0n) is 9.67. The average molecular weight is 253 g/mol. The summed E-state index contributed by atoms with van der Waals surface area (Å²) in [6.07, 6.45) is 1.32. The number of carbonyl (C=O) groups is 1. The van der Waals surface area contributed by atoms with Crippen LogP contribution >= 0.6 is 0 Å². The topological polar surface area (TPSA) is 54.5 Å². The molecule has 0 spiro atoms. The normalized spacial score (nSPS) is 20.9. The molecule has 1 fully saturated rings. The maximum absolute atomic E-state index is 12.2. The molecule has 2 rings (SSSR count). The van der Waals surface area contributed by atoms with E-state index in [9.17, 15) is 13.2 Å². The Labute approximate surface area is 101 Å². The maximum atomic E-state index is 12.2. The Kier molecular flexibility index (Phi) is 3.19. The molecule has 0 saturated carbocycles. The van der Waals surface area contributed by atoms with Gasteiger partial charge in [-0.25, -0.2) is 12.7 Å². The molecule has 1 aliphatic rings. The molecule has 1 aromatic rings. The quantitative estimate of drug-likeness (QED) is 0.822. The lowest BCUT2D eigenvalue weighted by molar-refractivity contribution is -0.127. The minimum absolute atomic E-state index is 0.145. The minimum Gasteiger partial charge on any atom is -0.273 e. The van der Waals surface area contributed by atoms with E-state index >= 15 is 0 Å². The Morgan fingerprint density at radius 1 is 1.29 bits per heavy atom. The van der Waals surface area contributed by atoms with Crippen LogP contribution in [0, 0.1) is 5.92 Å². The molecule has 1 unspecified atom stereocenters. The first-order chi connectivity index (χ1) is 8.07. The minimum atomic E-state index is -3.65. The highest BCUT2D eigenvalue weighted by Gasteiger charge is 2.38. The first-order valence-corrected chi connectivity index (χ1v) is 7.13. The highest BCUT2D eigenvalue weighted by atomic mass is 32.2. The van der Waals surface area contributed by atoms with Crippen LogP contribution in [-0.4, -0.2) is 25.2 Å². The van der Waals surface area contributed by atoms with Gasteiger partial charge in [0.05, 0.1) is 4.90 Å². The molecule has 1 saturated heterocycles. The van der Waals surface area contributed by atoms with Gasteiger partial charge in [0.2, 0.25) is 5.91 Å². The zero-order valence-corrected chi connectivity index (χ0v) is 10.5. The highest BCUT2D eigenvalue weighted by molar-refractivity contribution is 7.89. The third-order valence-corrected chi connectivity index (χ3v) is 4.91. The second-order valence-corrected chi connectivity index (χ2v) is 5.98. The molecule has 0 aliphatic carbocycles. The van der Waals surface area contributed by atoms with Gasteiger partial charge < -0.3 is 0 Å². The lowest BCUT2D eigenvalue weighted by Gasteiger charge is -2.16. The smallest absolute Gasteiger partial charge is 0.266 e. The van der Waals surface area contributed by atoms with Crippen LogP contribution in [-0.2, 0) is 14.8 Å². The van der Waals surface area contributed by atoms with Gasteiger partial charge in [0.25, 0.3) is 10.0 Å². The highest BCUT2D eigenvalue weighted by Crippen LogP contribution is 2.27. The summed E-state index contributed by atoms with van der Waals surface area (Å²) in [6.45, 7) is 2.20. The second-order valence-electron chi connectivity index (χ2n) is 4.12. The van der Waals surface area contributed by atoms with E-state index in [2.05, 4.69) is 0 Å². The van der Waals surface area contributed by atoms with E-state index in [1.54, 1.807) is 18.2 Å². The van der Waals surface area contributed by atoms with Gasteiger partial charge in [-0.15, -0.1) is 0 Å². The molecule has 5 heteroatoms. The van der Waals surface area contributed by atoms with Crippen molar-refractivity contribution in [1.29, 1.82) is 0 Å². The van der Waals surface area contributed by atoms with Gasteiger partial charge in [-0.05, 0) is 25.0 Å². The number of amides is 1. The maximum Gasteiger partial charge on any atom is 0.266 e. The Balaban J connectivity index is 2.33. The summed E-state index contributed by atoms with van der Waals surface area (Å²) < 4.78 is 25.4. The van der Waals surface area contributed by atoms with Crippen LogP contribution in [0.1, 0.15) is 19.8 Å².